The molecule has 2 heterocycles. The number of carbonyl (C=O) groups is 2. The topological polar surface area (TPSA) is 94.5 Å². The zero-order valence-corrected chi connectivity index (χ0v) is 19.4. The van der Waals surface area contributed by atoms with Crippen molar-refractivity contribution in [3.8, 4) is 22.6 Å². The van der Waals surface area contributed by atoms with Crippen LogP contribution in [0.15, 0.2) is 42.5 Å². The lowest BCUT2D eigenvalue weighted by Gasteiger charge is -2.11. The van der Waals surface area contributed by atoms with E-state index in [9.17, 15) is 9.59 Å². The lowest BCUT2D eigenvalue weighted by Crippen LogP contribution is -2.23. The third kappa shape index (κ3) is 4.28. The van der Waals surface area contributed by atoms with Crippen LogP contribution in [0.5, 0.6) is 11.5 Å². The summed E-state index contributed by atoms with van der Waals surface area (Å²) in [5.41, 5.74) is 4.26. The van der Waals surface area contributed by atoms with Gasteiger partial charge in [-0.05, 0) is 48.2 Å². The molecule has 0 saturated heterocycles. The number of aromatic nitrogens is 2. The highest BCUT2D eigenvalue weighted by Crippen LogP contribution is 2.41. The van der Waals surface area contributed by atoms with Gasteiger partial charge in [-0.1, -0.05) is 32.0 Å². The Hall–Kier alpha value is -3.81. The first kappa shape index (κ1) is 22.4. The second-order valence-corrected chi connectivity index (χ2v) is 8.36. The number of benzene rings is 2. The molecule has 0 bridgehead atoms. The molecule has 1 aliphatic rings. The maximum absolute atomic E-state index is 12.7. The lowest BCUT2D eigenvalue weighted by atomic mass is 10.0. The fourth-order valence-electron chi connectivity index (χ4n) is 4.06. The number of aryl methyl sites for hydroxylation is 1. The SMILES string of the molecule is COc1ccc(-c2c(C)nn3c2NC(=O)C3CC(=O)Nc2ccc(C(C)C)cc2)cc1OC. The van der Waals surface area contributed by atoms with E-state index in [4.69, 9.17) is 9.47 Å². The van der Waals surface area contributed by atoms with Gasteiger partial charge in [-0.25, -0.2) is 4.68 Å². The van der Waals surface area contributed by atoms with Crippen LogP contribution >= 0.6 is 0 Å². The normalized spacial score (nSPS) is 14.7. The monoisotopic (exact) mass is 448 g/mol. The van der Waals surface area contributed by atoms with E-state index in [-0.39, 0.29) is 18.2 Å². The van der Waals surface area contributed by atoms with E-state index < -0.39 is 6.04 Å². The Morgan fingerprint density at radius 2 is 1.82 bits per heavy atom. The fraction of sp³-hybridized carbons (Fsp3) is 0.320. The highest BCUT2D eigenvalue weighted by Gasteiger charge is 2.36. The summed E-state index contributed by atoms with van der Waals surface area (Å²) in [7, 11) is 3.15. The molecule has 1 aliphatic heterocycles. The largest absolute Gasteiger partial charge is 0.493 e. The third-order valence-electron chi connectivity index (χ3n) is 5.84. The summed E-state index contributed by atoms with van der Waals surface area (Å²) < 4.78 is 12.3. The molecule has 2 aromatic carbocycles. The maximum Gasteiger partial charge on any atom is 0.251 e. The second kappa shape index (κ2) is 8.97. The highest BCUT2D eigenvalue weighted by molar-refractivity contribution is 6.04. The van der Waals surface area contributed by atoms with Gasteiger partial charge in [0.05, 0.1) is 26.3 Å². The Bertz CT molecular complexity index is 1200. The molecule has 3 aromatic rings. The van der Waals surface area contributed by atoms with Gasteiger partial charge in [-0.3, -0.25) is 9.59 Å². The predicted molar refractivity (Wildman–Crippen MR) is 127 cm³/mol. The number of rotatable bonds is 7. The van der Waals surface area contributed by atoms with Crippen molar-refractivity contribution in [2.45, 2.75) is 39.2 Å². The molecule has 8 nitrogen and oxygen atoms in total. The maximum atomic E-state index is 12.7. The number of hydrogen-bond donors (Lipinski definition) is 2. The van der Waals surface area contributed by atoms with Crippen LogP contribution in [0.1, 0.15) is 43.5 Å². The van der Waals surface area contributed by atoms with Crippen molar-refractivity contribution in [1.29, 1.82) is 0 Å². The smallest absolute Gasteiger partial charge is 0.251 e. The first-order valence-corrected chi connectivity index (χ1v) is 10.8. The number of methoxy groups -OCH3 is 2. The zero-order valence-electron chi connectivity index (χ0n) is 19.4. The number of fused-ring (bicyclic) bond motifs is 1. The van der Waals surface area contributed by atoms with E-state index in [2.05, 4.69) is 29.6 Å². The minimum atomic E-state index is -0.720. The first-order valence-electron chi connectivity index (χ1n) is 10.8. The van der Waals surface area contributed by atoms with Crippen LogP contribution in [0.25, 0.3) is 11.1 Å². The molecule has 1 atom stereocenters. The van der Waals surface area contributed by atoms with Gasteiger partial charge in [0.15, 0.2) is 11.5 Å². The number of hydrogen-bond acceptors (Lipinski definition) is 5. The molecule has 0 saturated carbocycles. The molecule has 0 radical (unpaired) electrons. The van der Waals surface area contributed by atoms with Crippen molar-refractivity contribution < 1.29 is 19.1 Å². The molecule has 0 fully saturated rings. The number of nitrogens with zero attached hydrogens (tertiary/aromatic N) is 2. The Morgan fingerprint density at radius 1 is 1.12 bits per heavy atom. The Kier molecular flexibility index (Phi) is 6.09. The first-order chi connectivity index (χ1) is 15.8. The number of ether oxygens (including phenoxy) is 2. The fourth-order valence-corrected chi connectivity index (χ4v) is 4.06. The molecule has 2 N–H and O–H groups in total. The standard InChI is InChI=1S/C25H28N4O4/c1-14(2)16-6-9-18(10-7-16)26-22(30)13-19-25(31)27-24-23(15(3)28-29(19)24)17-8-11-20(32-4)21(12-17)33-5/h6-12,14,19H,13H2,1-5H3,(H,26,30)(H,27,31). The van der Waals surface area contributed by atoms with E-state index in [0.717, 1.165) is 16.8 Å². The highest BCUT2D eigenvalue weighted by atomic mass is 16.5. The van der Waals surface area contributed by atoms with Crippen LogP contribution in [0, 0.1) is 6.92 Å². The molecule has 33 heavy (non-hydrogen) atoms. The summed E-state index contributed by atoms with van der Waals surface area (Å²) in [5.74, 6) is 1.67. The number of nitrogens with one attached hydrogen (secondary N) is 2. The zero-order chi connectivity index (χ0) is 23.7. The quantitative estimate of drug-likeness (QED) is 0.554. The van der Waals surface area contributed by atoms with Crippen LogP contribution < -0.4 is 20.1 Å². The lowest BCUT2D eigenvalue weighted by molar-refractivity contribution is -0.123. The summed E-state index contributed by atoms with van der Waals surface area (Å²) in [4.78, 5) is 25.4. The van der Waals surface area contributed by atoms with Crippen molar-refractivity contribution in [3.05, 3.63) is 53.7 Å². The van der Waals surface area contributed by atoms with E-state index in [0.29, 0.717) is 28.9 Å². The molecule has 8 heteroatoms. The van der Waals surface area contributed by atoms with E-state index in [1.807, 2.05) is 49.4 Å². The van der Waals surface area contributed by atoms with Crippen LogP contribution in [0.2, 0.25) is 0 Å². The van der Waals surface area contributed by atoms with Gasteiger partial charge in [0.2, 0.25) is 5.91 Å². The number of carbonyl (C=O) groups excluding carboxylic acids is 2. The molecule has 0 aliphatic carbocycles. The van der Waals surface area contributed by atoms with Crippen LogP contribution in [-0.4, -0.2) is 35.8 Å². The second-order valence-electron chi connectivity index (χ2n) is 8.36. The van der Waals surface area contributed by atoms with Crippen molar-refractivity contribution >= 4 is 23.3 Å². The number of anilines is 2. The summed E-state index contributed by atoms with van der Waals surface area (Å²) in [6.45, 7) is 6.11. The molecule has 1 unspecified atom stereocenters. The molecule has 1 aromatic heterocycles. The van der Waals surface area contributed by atoms with Gasteiger partial charge >= 0.3 is 0 Å². The van der Waals surface area contributed by atoms with E-state index in [1.165, 1.54) is 5.56 Å². The van der Waals surface area contributed by atoms with Crippen LogP contribution in [-0.2, 0) is 9.59 Å². The minimum Gasteiger partial charge on any atom is -0.493 e. The van der Waals surface area contributed by atoms with E-state index in [1.54, 1.807) is 18.9 Å². The minimum absolute atomic E-state index is 0.0166. The molecule has 0 spiro atoms. The van der Waals surface area contributed by atoms with Gasteiger partial charge in [0.25, 0.3) is 5.91 Å². The van der Waals surface area contributed by atoms with Gasteiger partial charge in [-0.15, -0.1) is 0 Å². The average Bonchev–Trinajstić information content (AvgIpc) is 3.26. The van der Waals surface area contributed by atoms with Crippen molar-refractivity contribution in [2.75, 3.05) is 24.9 Å². The number of amides is 2. The van der Waals surface area contributed by atoms with Crippen molar-refractivity contribution in [3.63, 3.8) is 0 Å². The summed E-state index contributed by atoms with van der Waals surface area (Å²) in [5, 5.41) is 10.3. The van der Waals surface area contributed by atoms with E-state index >= 15 is 0 Å². The van der Waals surface area contributed by atoms with Gasteiger partial charge in [0.1, 0.15) is 11.9 Å². The summed E-state index contributed by atoms with van der Waals surface area (Å²) in [6, 6.07) is 12.6. The van der Waals surface area contributed by atoms with Gasteiger partial charge < -0.3 is 20.1 Å². The molecular formula is C25H28N4O4. The van der Waals surface area contributed by atoms with Crippen LogP contribution in [0.3, 0.4) is 0 Å². The molecular weight excluding hydrogens is 420 g/mol. The molecule has 2 amide bonds. The summed E-state index contributed by atoms with van der Waals surface area (Å²) >= 11 is 0. The summed E-state index contributed by atoms with van der Waals surface area (Å²) in [6.07, 6.45) is -0.0166. The van der Waals surface area contributed by atoms with Gasteiger partial charge in [-0.2, -0.15) is 5.10 Å². The predicted octanol–water partition coefficient (Wildman–Crippen LogP) is 4.52. The van der Waals surface area contributed by atoms with Crippen LogP contribution in [0.4, 0.5) is 11.5 Å². The van der Waals surface area contributed by atoms with Gasteiger partial charge in [0, 0.05) is 11.3 Å². The molecule has 4 rings (SSSR count). The third-order valence-corrected chi connectivity index (χ3v) is 5.84. The average molecular weight is 449 g/mol. The Labute approximate surface area is 192 Å². The molecule has 172 valence electrons. The Balaban J connectivity index is 1.56. The Morgan fingerprint density at radius 3 is 2.45 bits per heavy atom. The van der Waals surface area contributed by atoms with Crippen molar-refractivity contribution in [1.82, 2.24) is 9.78 Å². The van der Waals surface area contributed by atoms with Crippen molar-refractivity contribution in [2.24, 2.45) is 0 Å².